The van der Waals surface area contributed by atoms with Crippen LogP contribution in [0.3, 0.4) is 0 Å². The van der Waals surface area contributed by atoms with Gasteiger partial charge >= 0.3 is 5.97 Å². The number of amides is 1. The van der Waals surface area contributed by atoms with Gasteiger partial charge in [0.2, 0.25) is 0 Å². The van der Waals surface area contributed by atoms with Crippen LogP contribution in [0.2, 0.25) is 0 Å². The summed E-state index contributed by atoms with van der Waals surface area (Å²) in [6.45, 7) is 4.04. The van der Waals surface area contributed by atoms with E-state index in [0.29, 0.717) is 29.4 Å². The van der Waals surface area contributed by atoms with Crippen molar-refractivity contribution < 1.29 is 28.6 Å². The van der Waals surface area contributed by atoms with Crippen LogP contribution in [0.25, 0.3) is 0 Å². The number of aliphatic carboxylic acids is 1. The van der Waals surface area contributed by atoms with E-state index >= 15 is 0 Å². The molecule has 1 amide bonds. The van der Waals surface area contributed by atoms with Crippen LogP contribution in [0.5, 0.6) is 11.5 Å². The highest BCUT2D eigenvalue weighted by atomic mass is 16.5. The van der Waals surface area contributed by atoms with Gasteiger partial charge in [-0.3, -0.25) is 9.59 Å². The van der Waals surface area contributed by atoms with Crippen molar-refractivity contribution in [3.8, 4) is 11.5 Å². The van der Waals surface area contributed by atoms with Gasteiger partial charge in [-0.05, 0) is 26.0 Å². The first-order valence-electron chi connectivity index (χ1n) is 7.37. The van der Waals surface area contributed by atoms with Gasteiger partial charge in [0.15, 0.2) is 11.5 Å². The summed E-state index contributed by atoms with van der Waals surface area (Å²) < 4.78 is 15.8. The van der Waals surface area contributed by atoms with Crippen molar-refractivity contribution in [1.82, 2.24) is 0 Å². The van der Waals surface area contributed by atoms with Crippen molar-refractivity contribution in [1.29, 1.82) is 0 Å². The SMILES string of the molecule is CCOc1ccc(NC(=O)c2c(C)coc2CC(=O)O)cc1OC. The fourth-order valence-electron chi connectivity index (χ4n) is 2.28. The smallest absolute Gasteiger partial charge is 0.311 e. The molecule has 24 heavy (non-hydrogen) atoms. The molecule has 2 N–H and O–H groups in total. The highest BCUT2D eigenvalue weighted by Crippen LogP contribution is 2.30. The Morgan fingerprint density at radius 2 is 2.04 bits per heavy atom. The molecule has 0 unspecified atom stereocenters. The topological polar surface area (TPSA) is 98.0 Å². The number of hydrogen-bond donors (Lipinski definition) is 2. The average Bonchev–Trinajstić information content (AvgIpc) is 2.88. The Labute approximate surface area is 139 Å². The Kier molecular flexibility index (Phi) is 5.47. The Bertz CT molecular complexity index is 750. The lowest BCUT2D eigenvalue weighted by Gasteiger charge is -2.12. The van der Waals surface area contributed by atoms with Gasteiger partial charge in [0, 0.05) is 17.3 Å². The molecule has 0 aliphatic rings. The molecule has 7 heteroatoms. The molecule has 0 aliphatic carbocycles. The number of furan rings is 1. The molecule has 2 aromatic rings. The second-order valence-corrected chi connectivity index (χ2v) is 5.04. The van der Waals surface area contributed by atoms with E-state index in [2.05, 4.69) is 5.32 Å². The van der Waals surface area contributed by atoms with Crippen molar-refractivity contribution in [3.05, 3.63) is 41.3 Å². The zero-order valence-electron chi connectivity index (χ0n) is 13.7. The number of anilines is 1. The predicted molar refractivity (Wildman–Crippen MR) is 86.9 cm³/mol. The minimum Gasteiger partial charge on any atom is -0.493 e. The molecule has 0 aliphatic heterocycles. The Balaban J connectivity index is 2.24. The van der Waals surface area contributed by atoms with Crippen molar-refractivity contribution in [3.63, 3.8) is 0 Å². The summed E-state index contributed by atoms with van der Waals surface area (Å²) in [4.78, 5) is 23.3. The van der Waals surface area contributed by atoms with Crippen LogP contribution in [0, 0.1) is 6.92 Å². The van der Waals surface area contributed by atoms with Gasteiger partial charge < -0.3 is 24.3 Å². The Morgan fingerprint density at radius 1 is 1.29 bits per heavy atom. The van der Waals surface area contributed by atoms with E-state index in [0.717, 1.165) is 0 Å². The van der Waals surface area contributed by atoms with Crippen LogP contribution in [0.4, 0.5) is 5.69 Å². The molecular weight excluding hydrogens is 314 g/mol. The lowest BCUT2D eigenvalue weighted by atomic mass is 10.1. The van der Waals surface area contributed by atoms with Crippen molar-refractivity contribution in [2.45, 2.75) is 20.3 Å². The first-order valence-corrected chi connectivity index (χ1v) is 7.37. The molecule has 1 heterocycles. The number of carbonyl (C=O) groups excluding carboxylic acids is 1. The quantitative estimate of drug-likeness (QED) is 0.808. The third-order valence-electron chi connectivity index (χ3n) is 3.31. The van der Waals surface area contributed by atoms with Crippen molar-refractivity contribution in [2.24, 2.45) is 0 Å². The first-order chi connectivity index (χ1) is 11.5. The van der Waals surface area contributed by atoms with Crippen LogP contribution in [-0.4, -0.2) is 30.7 Å². The first kappa shape index (κ1) is 17.4. The Hall–Kier alpha value is -2.96. The van der Waals surface area contributed by atoms with E-state index in [9.17, 15) is 9.59 Å². The minimum absolute atomic E-state index is 0.121. The summed E-state index contributed by atoms with van der Waals surface area (Å²) in [7, 11) is 1.51. The normalized spacial score (nSPS) is 10.3. The zero-order valence-corrected chi connectivity index (χ0v) is 13.7. The monoisotopic (exact) mass is 333 g/mol. The molecule has 0 radical (unpaired) electrons. The van der Waals surface area contributed by atoms with E-state index in [1.54, 1.807) is 25.1 Å². The van der Waals surface area contributed by atoms with Crippen LogP contribution in [0.1, 0.15) is 28.6 Å². The summed E-state index contributed by atoms with van der Waals surface area (Å²) in [5.74, 6) is -0.325. The Morgan fingerprint density at radius 3 is 2.67 bits per heavy atom. The summed E-state index contributed by atoms with van der Waals surface area (Å²) in [6, 6.07) is 5.01. The van der Waals surface area contributed by atoms with Crippen molar-refractivity contribution >= 4 is 17.6 Å². The van der Waals surface area contributed by atoms with Crippen LogP contribution < -0.4 is 14.8 Å². The van der Waals surface area contributed by atoms with Crippen LogP contribution in [0.15, 0.2) is 28.9 Å². The van der Waals surface area contributed by atoms with Gasteiger partial charge in [0.1, 0.15) is 12.2 Å². The third kappa shape index (κ3) is 3.87. The van der Waals surface area contributed by atoms with E-state index in [-0.39, 0.29) is 17.7 Å². The average molecular weight is 333 g/mol. The molecule has 1 aromatic carbocycles. The van der Waals surface area contributed by atoms with Crippen molar-refractivity contribution in [2.75, 3.05) is 19.0 Å². The van der Waals surface area contributed by atoms with E-state index < -0.39 is 11.9 Å². The molecule has 0 bridgehead atoms. The number of carboxylic acids is 1. The molecule has 2 rings (SSSR count). The van der Waals surface area contributed by atoms with Crippen LogP contribution >= 0.6 is 0 Å². The summed E-state index contributed by atoms with van der Waals surface area (Å²) in [5, 5.41) is 11.6. The number of benzene rings is 1. The number of carbonyl (C=O) groups is 2. The van der Waals surface area contributed by atoms with Gasteiger partial charge in [-0.1, -0.05) is 0 Å². The largest absolute Gasteiger partial charge is 0.493 e. The van der Waals surface area contributed by atoms with E-state index in [4.69, 9.17) is 19.0 Å². The lowest BCUT2D eigenvalue weighted by Crippen LogP contribution is -2.15. The highest BCUT2D eigenvalue weighted by Gasteiger charge is 2.21. The number of carboxylic acid groups (broad SMARTS) is 1. The molecule has 0 fully saturated rings. The third-order valence-corrected chi connectivity index (χ3v) is 3.31. The standard InChI is InChI=1S/C17H19NO6/c1-4-23-12-6-5-11(7-13(12)22-3)18-17(21)16-10(2)9-24-14(16)8-15(19)20/h5-7,9H,4,8H2,1-3H3,(H,18,21)(H,19,20). The fraction of sp³-hybridized carbons (Fsp3) is 0.294. The van der Waals surface area contributed by atoms with Crippen LogP contribution in [-0.2, 0) is 11.2 Å². The molecule has 0 atom stereocenters. The molecular formula is C17H19NO6. The second-order valence-electron chi connectivity index (χ2n) is 5.04. The molecule has 7 nitrogen and oxygen atoms in total. The zero-order chi connectivity index (χ0) is 17.7. The maximum atomic E-state index is 12.5. The van der Waals surface area contributed by atoms with E-state index in [1.165, 1.54) is 13.4 Å². The number of hydrogen-bond acceptors (Lipinski definition) is 5. The summed E-state index contributed by atoms with van der Waals surface area (Å²) in [6.07, 6.45) is 1.01. The number of methoxy groups -OCH3 is 1. The summed E-state index contributed by atoms with van der Waals surface area (Å²) in [5.41, 5.74) is 1.30. The van der Waals surface area contributed by atoms with Gasteiger partial charge in [-0.15, -0.1) is 0 Å². The maximum absolute atomic E-state index is 12.5. The number of nitrogens with one attached hydrogen (secondary N) is 1. The molecule has 0 saturated heterocycles. The second kappa shape index (κ2) is 7.54. The van der Waals surface area contributed by atoms with Gasteiger partial charge in [0.05, 0.1) is 25.5 Å². The van der Waals surface area contributed by atoms with E-state index in [1.807, 2.05) is 6.92 Å². The molecule has 128 valence electrons. The number of rotatable bonds is 7. The molecule has 0 saturated carbocycles. The van der Waals surface area contributed by atoms with Gasteiger partial charge in [-0.2, -0.15) is 0 Å². The number of ether oxygens (including phenoxy) is 2. The maximum Gasteiger partial charge on any atom is 0.311 e. The number of aryl methyl sites for hydroxylation is 1. The lowest BCUT2D eigenvalue weighted by molar-refractivity contribution is -0.136. The predicted octanol–water partition coefficient (Wildman–Crippen LogP) is 2.87. The molecule has 0 spiro atoms. The van der Waals surface area contributed by atoms with Gasteiger partial charge in [-0.25, -0.2) is 0 Å². The summed E-state index contributed by atoms with van der Waals surface area (Å²) >= 11 is 0. The highest BCUT2D eigenvalue weighted by molar-refractivity contribution is 6.06. The fourth-order valence-corrected chi connectivity index (χ4v) is 2.28. The van der Waals surface area contributed by atoms with Gasteiger partial charge in [0.25, 0.3) is 5.91 Å². The minimum atomic E-state index is -1.07. The molecule has 1 aromatic heterocycles.